The van der Waals surface area contributed by atoms with Gasteiger partial charge in [-0.05, 0) is 60.9 Å². The Labute approximate surface area is 232 Å². The molecule has 0 radical (unpaired) electrons. The van der Waals surface area contributed by atoms with Crippen LogP contribution in [0.5, 0.6) is 17.2 Å². The van der Waals surface area contributed by atoms with Gasteiger partial charge < -0.3 is 19.5 Å². The lowest BCUT2D eigenvalue weighted by Crippen LogP contribution is -2.15. The minimum Gasteiger partial charge on any atom is -0.493 e. The number of carbonyl (C=O) groups excluding carboxylic acids is 1. The van der Waals surface area contributed by atoms with E-state index in [0.29, 0.717) is 35.2 Å². The fourth-order valence-electron chi connectivity index (χ4n) is 4.43. The molecule has 5 rings (SSSR count). The van der Waals surface area contributed by atoms with Crippen LogP contribution in [0.15, 0.2) is 85.1 Å². The molecule has 3 aromatic carbocycles. The number of carbonyl (C=O) groups is 1. The van der Waals surface area contributed by atoms with Crippen LogP contribution in [-0.2, 0) is 13.3 Å². The second-order valence-corrected chi connectivity index (χ2v) is 9.25. The van der Waals surface area contributed by atoms with Crippen molar-refractivity contribution in [2.24, 2.45) is 0 Å². The van der Waals surface area contributed by atoms with Crippen LogP contribution >= 0.6 is 0 Å². The zero-order valence-corrected chi connectivity index (χ0v) is 22.9. The molecule has 2 aromatic heterocycles. The summed E-state index contributed by atoms with van der Waals surface area (Å²) < 4.78 is 20.0. The number of hydrogen-bond donors (Lipinski definition) is 1. The lowest BCUT2D eigenvalue weighted by Gasteiger charge is -2.11. The van der Waals surface area contributed by atoms with Crippen molar-refractivity contribution in [2.45, 2.75) is 27.1 Å². The average Bonchev–Trinajstić information content (AvgIpc) is 3.57. The first-order chi connectivity index (χ1) is 19.4. The number of nitrogens with one attached hydrogen (secondary N) is 1. The van der Waals surface area contributed by atoms with Crippen LogP contribution in [0.25, 0.3) is 11.1 Å². The minimum absolute atomic E-state index is 0.180. The Bertz CT molecular complexity index is 1610. The Balaban J connectivity index is 1.20. The molecule has 0 unspecified atom stereocenters. The van der Waals surface area contributed by atoms with E-state index in [0.717, 1.165) is 22.4 Å². The first-order valence-corrected chi connectivity index (χ1v) is 12.8. The van der Waals surface area contributed by atoms with Crippen molar-refractivity contribution in [3.8, 4) is 28.4 Å². The second-order valence-electron chi connectivity index (χ2n) is 9.25. The topological polar surface area (TPSA) is 92.4 Å². The summed E-state index contributed by atoms with van der Waals surface area (Å²) in [6, 6.07) is 25.4. The number of hydrogen-bond acceptors (Lipinski definition) is 6. The van der Waals surface area contributed by atoms with Crippen molar-refractivity contribution in [3.05, 3.63) is 108 Å². The zero-order chi connectivity index (χ0) is 28.1. The summed E-state index contributed by atoms with van der Waals surface area (Å²) >= 11 is 0. The molecule has 1 amide bonds. The van der Waals surface area contributed by atoms with Crippen LogP contribution in [0.3, 0.4) is 0 Å². The van der Waals surface area contributed by atoms with E-state index in [1.165, 1.54) is 0 Å². The molecule has 2 heterocycles. The molecule has 0 saturated heterocycles. The quantitative estimate of drug-likeness (QED) is 0.245. The van der Waals surface area contributed by atoms with Gasteiger partial charge in [0.1, 0.15) is 5.75 Å². The smallest absolute Gasteiger partial charge is 0.276 e. The van der Waals surface area contributed by atoms with E-state index < -0.39 is 0 Å². The number of aromatic nitrogens is 4. The van der Waals surface area contributed by atoms with Gasteiger partial charge in [-0.15, -0.1) is 0 Å². The molecule has 0 aliphatic rings. The standard InChI is InChI=1S/C31H31N5O4/c1-21-30(22(2)36(33-21)19-23-10-15-28(38-3)29(18-23)39-4)32-31(37)27-16-17-35(34-27)20-40-26-13-11-25(12-14-26)24-8-6-5-7-9-24/h5-18H,19-20H2,1-4H3,(H,32,37). The van der Waals surface area contributed by atoms with Gasteiger partial charge in [0.15, 0.2) is 23.9 Å². The van der Waals surface area contributed by atoms with E-state index in [1.807, 2.05) is 79.2 Å². The van der Waals surface area contributed by atoms with Crippen LogP contribution in [0.4, 0.5) is 5.69 Å². The predicted molar refractivity (Wildman–Crippen MR) is 153 cm³/mol. The van der Waals surface area contributed by atoms with Gasteiger partial charge in [-0.1, -0.05) is 48.5 Å². The number of anilines is 1. The van der Waals surface area contributed by atoms with E-state index in [1.54, 1.807) is 31.2 Å². The number of amides is 1. The monoisotopic (exact) mass is 537 g/mol. The molecule has 5 aromatic rings. The van der Waals surface area contributed by atoms with E-state index in [9.17, 15) is 4.79 Å². The highest BCUT2D eigenvalue weighted by Gasteiger charge is 2.18. The summed E-state index contributed by atoms with van der Waals surface area (Å²) in [6.07, 6.45) is 1.72. The van der Waals surface area contributed by atoms with Gasteiger partial charge in [-0.3, -0.25) is 9.48 Å². The number of benzene rings is 3. The average molecular weight is 538 g/mol. The van der Waals surface area contributed by atoms with Gasteiger partial charge in [-0.25, -0.2) is 4.68 Å². The van der Waals surface area contributed by atoms with Gasteiger partial charge in [0.05, 0.1) is 37.8 Å². The summed E-state index contributed by atoms with van der Waals surface area (Å²) in [4.78, 5) is 13.0. The summed E-state index contributed by atoms with van der Waals surface area (Å²) in [6.45, 7) is 4.48. The van der Waals surface area contributed by atoms with Crippen LogP contribution in [0.2, 0.25) is 0 Å². The minimum atomic E-state index is -0.317. The molecule has 0 atom stereocenters. The van der Waals surface area contributed by atoms with Crippen LogP contribution in [0, 0.1) is 13.8 Å². The molecule has 0 saturated carbocycles. The first kappa shape index (κ1) is 26.6. The highest BCUT2D eigenvalue weighted by atomic mass is 16.5. The summed E-state index contributed by atoms with van der Waals surface area (Å²) in [5.41, 5.74) is 5.76. The van der Waals surface area contributed by atoms with Gasteiger partial charge >= 0.3 is 0 Å². The Kier molecular flexibility index (Phi) is 7.82. The molecule has 9 heteroatoms. The van der Waals surface area contributed by atoms with E-state index in [4.69, 9.17) is 14.2 Å². The lowest BCUT2D eigenvalue weighted by molar-refractivity contribution is 0.102. The number of nitrogens with zero attached hydrogens (tertiary/aromatic N) is 4. The molecule has 0 bridgehead atoms. The largest absolute Gasteiger partial charge is 0.493 e. The third kappa shape index (κ3) is 5.83. The molecule has 0 aliphatic heterocycles. The van der Waals surface area contributed by atoms with Gasteiger partial charge in [0, 0.05) is 6.20 Å². The lowest BCUT2D eigenvalue weighted by atomic mass is 10.1. The highest BCUT2D eigenvalue weighted by molar-refractivity contribution is 6.03. The third-order valence-corrected chi connectivity index (χ3v) is 6.60. The molecule has 0 aliphatic carbocycles. The van der Waals surface area contributed by atoms with Crippen molar-refractivity contribution in [3.63, 3.8) is 0 Å². The highest BCUT2D eigenvalue weighted by Crippen LogP contribution is 2.29. The van der Waals surface area contributed by atoms with Crippen molar-refractivity contribution in [2.75, 3.05) is 19.5 Å². The van der Waals surface area contributed by atoms with Crippen LogP contribution in [-0.4, -0.2) is 39.7 Å². The molecule has 204 valence electrons. The van der Waals surface area contributed by atoms with E-state index in [2.05, 4.69) is 27.6 Å². The third-order valence-electron chi connectivity index (χ3n) is 6.60. The fourth-order valence-corrected chi connectivity index (χ4v) is 4.43. The summed E-state index contributed by atoms with van der Waals surface area (Å²) in [5, 5.41) is 12.0. The van der Waals surface area contributed by atoms with Crippen LogP contribution in [0.1, 0.15) is 27.4 Å². The number of ether oxygens (including phenoxy) is 3. The van der Waals surface area contributed by atoms with E-state index >= 15 is 0 Å². The summed E-state index contributed by atoms with van der Waals surface area (Å²) in [5.74, 6) is 1.72. The molecular formula is C31H31N5O4. The number of aryl methyl sites for hydroxylation is 1. The van der Waals surface area contributed by atoms with Crippen molar-refractivity contribution >= 4 is 11.6 Å². The normalized spacial score (nSPS) is 10.8. The van der Waals surface area contributed by atoms with Gasteiger partial charge in [0.2, 0.25) is 0 Å². The Morgan fingerprint density at radius 2 is 1.57 bits per heavy atom. The maximum absolute atomic E-state index is 13.0. The predicted octanol–water partition coefficient (Wildman–Crippen LogP) is 5.72. The maximum atomic E-state index is 13.0. The maximum Gasteiger partial charge on any atom is 0.276 e. The van der Waals surface area contributed by atoms with Crippen molar-refractivity contribution in [1.29, 1.82) is 0 Å². The molecule has 40 heavy (non-hydrogen) atoms. The zero-order valence-electron chi connectivity index (χ0n) is 22.9. The molecule has 0 spiro atoms. The molecule has 9 nitrogen and oxygen atoms in total. The van der Waals surface area contributed by atoms with Gasteiger partial charge in [-0.2, -0.15) is 10.2 Å². The number of rotatable bonds is 10. The molecular weight excluding hydrogens is 506 g/mol. The first-order valence-electron chi connectivity index (χ1n) is 12.8. The Hall–Kier alpha value is -5.05. The molecule has 0 fully saturated rings. The Morgan fingerprint density at radius 3 is 2.30 bits per heavy atom. The SMILES string of the molecule is COc1ccc(Cn2nc(C)c(NC(=O)c3ccn(COc4ccc(-c5ccccc5)cc4)n3)c2C)cc1OC. The fraction of sp³-hybridized carbons (Fsp3) is 0.194. The Morgan fingerprint density at radius 1 is 0.850 bits per heavy atom. The van der Waals surface area contributed by atoms with Gasteiger partial charge in [0.25, 0.3) is 5.91 Å². The van der Waals surface area contributed by atoms with Crippen molar-refractivity contribution in [1.82, 2.24) is 19.6 Å². The second kappa shape index (κ2) is 11.8. The van der Waals surface area contributed by atoms with Crippen molar-refractivity contribution < 1.29 is 19.0 Å². The van der Waals surface area contributed by atoms with E-state index in [-0.39, 0.29) is 18.3 Å². The summed E-state index contributed by atoms with van der Waals surface area (Å²) in [7, 11) is 3.21. The molecule has 1 N–H and O–H groups in total. The van der Waals surface area contributed by atoms with Crippen LogP contribution < -0.4 is 19.5 Å². The number of methoxy groups -OCH3 is 2.